The van der Waals surface area contributed by atoms with Crippen molar-refractivity contribution < 1.29 is 14.3 Å². The molecule has 0 spiro atoms. The maximum Gasteiger partial charge on any atom is 0.409 e. The first-order valence-electron chi connectivity index (χ1n) is 8.98. The van der Waals surface area contributed by atoms with Crippen LogP contribution in [0.2, 0.25) is 0 Å². The summed E-state index contributed by atoms with van der Waals surface area (Å²) in [5.74, 6) is 0.700. The highest BCUT2D eigenvalue weighted by Crippen LogP contribution is 2.18. The van der Waals surface area contributed by atoms with Gasteiger partial charge in [-0.05, 0) is 38.0 Å². The average molecular weight is 369 g/mol. The number of nitrogen functional groups attached to an aromatic ring is 1. The van der Waals surface area contributed by atoms with Crippen molar-refractivity contribution in [2.75, 3.05) is 25.4 Å². The Kier molecular flexibility index (Phi) is 5.85. The fourth-order valence-electron chi connectivity index (χ4n) is 3.00. The number of hydrogen-bond acceptors (Lipinski definition) is 6. The van der Waals surface area contributed by atoms with Crippen LogP contribution in [-0.4, -0.2) is 52.6 Å². The molecule has 0 bridgehead atoms. The summed E-state index contributed by atoms with van der Waals surface area (Å²) >= 11 is 0. The Bertz CT molecular complexity index is 818. The first kappa shape index (κ1) is 18.6. The third-order valence-corrected chi connectivity index (χ3v) is 4.42. The number of aromatic nitrogens is 2. The van der Waals surface area contributed by atoms with E-state index in [2.05, 4.69) is 15.3 Å². The first-order chi connectivity index (χ1) is 13.1. The summed E-state index contributed by atoms with van der Waals surface area (Å²) in [5, 5.41) is 3.03. The van der Waals surface area contributed by atoms with Gasteiger partial charge in [-0.2, -0.15) is 0 Å². The highest BCUT2D eigenvalue weighted by atomic mass is 16.6. The number of anilines is 1. The Morgan fingerprint density at radius 2 is 2.07 bits per heavy atom. The van der Waals surface area contributed by atoms with Crippen LogP contribution in [0, 0.1) is 0 Å². The van der Waals surface area contributed by atoms with Crippen molar-refractivity contribution in [1.29, 1.82) is 0 Å². The van der Waals surface area contributed by atoms with E-state index in [1.807, 2.05) is 6.07 Å². The molecular weight excluding hydrogens is 346 g/mol. The Labute approximate surface area is 157 Å². The number of benzene rings is 1. The summed E-state index contributed by atoms with van der Waals surface area (Å²) in [6.45, 7) is 3.29. The topological polar surface area (TPSA) is 110 Å². The molecule has 1 aliphatic rings. The first-order valence-corrected chi connectivity index (χ1v) is 8.98. The number of nitrogens with two attached hydrogens (primary N) is 1. The predicted octanol–water partition coefficient (Wildman–Crippen LogP) is 2.08. The van der Waals surface area contributed by atoms with Crippen LogP contribution in [0.1, 0.15) is 30.1 Å². The second-order valence-corrected chi connectivity index (χ2v) is 6.32. The molecule has 1 aromatic carbocycles. The van der Waals surface area contributed by atoms with Crippen LogP contribution >= 0.6 is 0 Å². The van der Waals surface area contributed by atoms with Gasteiger partial charge in [-0.1, -0.05) is 12.1 Å². The molecular formula is C19H23N5O3. The largest absolute Gasteiger partial charge is 0.450 e. The van der Waals surface area contributed by atoms with Crippen molar-refractivity contribution in [3.63, 3.8) is 0 Å². The Morgan fingerprint density at radius 1 is 1.30 bits per heavy atom. The minimum absolute atomic E-state index is 0.0236. The van der Waals surface area contributed by atoms with Crippen molar-refractivity contribution in [3.05, 3.63) is 42.1 Å². The van der Waals surface area contributed by atoms with E-state index >= 15 is 0 Å². The zero-order valence-corrected chi connectivity index (χ0v) is 15.2. The standard InChI is InChI=1S/C19H23N5O3/c1-2-27-19(26)24-10-7-15(8-11-24)22-18(25)14-5-3-4-13(12-14)17-21-9-6-16(20)23-17/h3-6,9,12,15H,2,7-8,10-11H2,1H3,(H,22,25)(H2,20,21,23). The number of nitrogens with zero attached hydrogens (tertiary/aromatic N) is 3. The molecule has 0 saturated carbocycles. The van der Waals surface area contributed by atoms with Crippen LogP contribution in [-0.2, 0) is 4.74 Å². The van der Waals surface area contributed by atoms with Gasteiger partial charge in [-0.15, -0.1) is 0 Å². The number of likely N-dealkylation sites (tertiary alicyclic amines) is 1. The molecule has 142 valence electrons. The molecule has 8 nitrogen and oxygen atoms in total. The number of amides is 2. The van der Waals surface area contributed by atoms with E-state index in [0.29, 0.717) is 49.7 Å². The third-order valence-electron chi connectivity index (χ3n) is 4.42. The fraction of sp³-hybridized carbons (Fsp3) is 0.368. The lowest BCUT2D eigenvalue weighted by Gasteiger charge is -2.31. The molecule has 1 aromatic heterocycles. The van der Waals surface area contributed by atoms with E-state index in [1.54, 1.807) is 42.3 Å². The lowest BCUT2D eigenvalue weighted by atomic mass is 10.0. The van der Waals surface area contributed by atoms with Gasteiger partial charge >= 0.3 is 6.09 Å². The maximum atomic E-state index is 12.6. The molecule has 0 radical (unpaired) electrons. The Balaban J connectivity index is 1.61. The highest BCUT2D eigenvalue weighted by Gasteiger charge is 2.24. The third kappa shape index (κ3) is 4.72. The normalized spacial score (nSPS) is 14.6. The second-order valence-electron chi connectivity index (χ2n) is 6.32. The van der Waals surface area contributed by atoms with E-state index < -0.39 is 0 Å². The van der Waals surface area contributed by atoms with E-state index in [9.17, 15) is 9.59 Å². The van der Waals surface area contributed by atoms with Gasteiger partial charge in [0.2, 0.25) is 0 Å². The van der Waals surface area contributed by atoms with Gasteiger partial charge in [0.1, 0.15) is 5.82 Å². The molecule has 0 aliphatic carbocycles. The molecule has 1 saturated heterocycles. The lowest BCUT2D eigenvalue weighted by molar-refractivity contribution is 0.0860. The minimum Gasteiger partial charge on any atom is -0.450 e. The predicted molar refractivity (Wildman–Crippen MR) is 101 cm³/mol. The van der Waals surface area contributed by atoms with E-state index in [0.717, 1.165) is 5.56 Å². The molecule has 0 atom stereocenters. The van der Waals surface area contributed by atoms with Crippen molar-refractivity contribution in [3.8, 4) is 11.4 Å². The van der Waals surface area contributed by atoms with Crippen molar-refractivity contribution in [1.82, 2.24) is 20.2 Å². The number of nitrogens with one attached hydrogen (secondary N) is 1. The number of carbonyl (C=O) groups is 2. The van der Waals surface area contributed by atoms with Gasteiger partial charge in [0, 0.05) is 36.5 Å². The molecule has 0 unspecified atom stereocenters. The smallest absolute Gasteiger partial charge is 0.409 e. The average Bonchev–Trinajstić information content (AvgIpc) is 2.69. The molecule has 1 aliphatic heterocycles. The van der Waals surface area contributed by atoms with Crippen molar-refractivity contribution in [2.45, 2.75) is 25.8 Å². The SMILES string of the molecule is CCOC(=O)N1CCC(NC(=O)c2cccc(-c3nccc(N)n3)c2)CC1. The molecule has 27 heavy (non-hydrogen) atoms. The molecule has 2 aromatic rings. The van der Waals surface area contributed by atoms with Gasteiger partial charge in [0.15, 0.2) is 5.82 Å². The summed E-state index contributed by atoms with van der Waals surface area (Å²) in [7, 11) is 0. The number of piperidine rings is 1. The number of carbonyl (C=O) groups excluding carboxylic acids is 2. The number of hydrogen-bond donors (Lipinski definition) is 2. The zero-order valence-electron chi connectivity index (χ0n) is 15.2. The number of rotatable bonds is 4. The van der Waals surface area contributed by atoms with Crippen LogP contribution in [0.5, 0.6) is 0 Å². The van der Waals surface area contributed by atoms with Gasteiger partial charge in [-0.3, -0.25) is 4.79 Å². The maximum absolute atomic E-state index is 12.6. The van der Waals surface area contributed by atoms with E-state index in [4.69, 9.17) is 10.5 Å². The summed E-state index contributed by atoms with van der Waals surface area (Å²) in [4.78, 5) is 34.4. The van der Waals surface area contributed by atoms with E-state index in [1.165, 1.54) is 0 Å². The molecule has 2 heterocycles. The molecule has 1 fully saturated rings. The zero-order chi connectivity index (χ0) is 19.2. The van der Waals surface area contributed by atoms with E-state index in [-0.39, 0.29) is 18.0 Å². The Morgan fingerprint density at radius 3 is 2.78 bits per heavy atom. The summed E-state index contributed by atoms with van der Waals surface area (Å²) in [5.41, 5.74) is 6.96. The van der Waals surface area contributed by atoms with Crippen LogP contribution in [0.25, 0.3) is 11.4 Å². The van der Waals surface area contributed by atoms with Gasteiger partial charge in [0.05, 0.1) is 6.61 Å². The van der Waals surface area contributed by atoms with Crippen LogP contribution in [0.4, 0.5) is 10.6 Å². The van der Waals surface area contributed by atoms with Crippen LogP contribution in [0.15, 0.2) is 36.5 Å². The molecule has 3 rings (SSSR count). The Hall–Kier alpha value is -3.16. The quantitative estimate of drug-likeness (QED) is 0.854. The molecule has 8 heteroatoms. The number of ether oxygens (including phenoxy) is 1. The summed E-state index contributed by atoms with van der Waals surface area (Å²) in [6.07, 6.45) is 2.68. The second kappa shape index (κ2) is 8.48. The van der Waals surface area contributed by atoms with Crippen molar-refractivity contribution in [2.24, 2.45) is 0 Å². The molecule has 2 amide bonds. The molecule has 3 N–H and O–H groups in total. The van der Waals surface area contributed by atoms with Gasteiger partial charge in [-0.25, -0.2) is 14.8 Å². The minimum atomic E-state index is -0.294. The van der Waals surface area contributed by atoms with Crippen LogP contribution in [0.3, 0.4) is 0 Å². The highest BCUT2D eigenvalue weighted by molar-refractivity contribution is 5.95. The monoisotopic (exact) mass is 369 g/mol. The van der Waals surface area contributed by atoms with Crippen molar-refractivity contribution >= 4 is 17.8 Å². The van der Waals surface area contributed by atoms with Gasteiger partial charge in [0.25, 0.3) is 5.91 Å². The van der Waals surface area contributed by atoms with Crippen LogP contribution < -0.4 is 11.1 Å². The summed E-state index contributed by atoms with van der Waals surface area (Å²) in [6, 6.07) is 8.76. The summed E-state index contributed by atoms with van der Waals surface area (Å²) < 4.78 is 5.01. The van der Waals surface area contributed by atoms with Gasteiger partial charge < -0.3 is 20.7 Å². The lowest BCUT2D eigenvalue weighted by Crippen LogP contribution is -2.46. The fourth-order valence-corrected chi connectivity index (χ4v) is 3.00.